The van der Waals surface area contributed by atoms with E-state index in [1.165, 1.54) is 21.2 Å². The summed E-state index contributed by atoms with van der Waals surface area (Å²) < 4.78 is 2.39. The lowest BCUT2D eigenvalue weighted by atomic mass is 10.1. The Hall–Kier alpha value is -2.57. The number of pyridine rings is 1. The molecule has 0 bridgehead atoms. The number of rotatable bonds is 3. The van der Waals surface area contributed by atoms with Crippen LogP contribution in [0.25, 0.3) is 30.5 Å². The first-order valence-electron chi connectivity index (χ1n) is 8.40. The molecule has 4 nitrogen and oxygen atoms in total. The molecule has 0 saturated carbocycles. The molecule has 0 spiro atoms. The zero-order valence-corrected chi connectivity index (χ0v) is 16.0. The van der Waals surface area contributed by atoms with Gasteiger partial charge in [-0.15, -0.1) is 22.7 Å². The van der Waals surface area contributed by atoms with Gasteiger partial charge in [0.2, 0.25) is 0 Å². The Kier molecular flexibility index (Phi) is 3.62. The summed E-state index contributed by atoms with van der Waals surface area (Å²) in [6, 6.07) is 10.9. The van der Waals surface area contributed by atoms with Gasteiger partial charge in [0.05, 0.1) is 10.2 Å². The number of aromatic nitrogens is 3. The number of fused-ring (bicyclic) bond motifs is 4. The van der Waals surface area contributed by atoms with E-state index in [9.17, 15) is 0 Å². The molecule has 26 heavy (non-hydrogen) atoms. The molecule has 5 rings (SSSR count). The van der Waals surface area contributed by atoms with E-state index >= 15 is 0 Å². The third kappa shape index (κ3) is 2.53. The van der Waals surface area contributed by atoms with Gasteiger partial charge in [-0.25, -0.2) is 15.0 Å². The minimum Gasteiger partial charge on any atom is -0.365 e. The van der Waals surface area contributed by atoms with Gasteiger partial charge in [-0.3, -0.25) is 0 Å². The SMILES string of the molecule is Cc1cc(C)c2c(n1)sc1c(NCc3ccc4sccc4c3)ncnc12. The minimum atomic E-state index is 0.734. The Morgan fingerprint density at radius 1 is 1.08 bits per heavy atom. The average molecular weight is 377 g/mol. The highest BCUT2D eigenvalue weighted by Crippen LogP contribution is 2.36. The van der Waals surface area contributed by atoms with E-state index in [2.05, 4.69) is 62.9 Å². The molecule has 0 fully saturated rings. The lowest BCUT2D eigenvalue weighted by molar-refractivity contribution is 1.11. The largest absolute Gasteiger partial charge is 0.365 e. The molecule has 6 heteroatoms. The van der Waals surface area contributed by atoms with Crippen LogP contribution in [0.1, 0.15) is 16.8 Å². The van der Waals surface area contributed by atoms with Crippen molar-refractivity contribution in [1.29, 1.82) is 0 Å². The first kappa shape index (κ1) is 15.7. The fraction of sp³-hybridized carbons (Fsp3) is 0.150. The molecule has 4 heterocycles. The maximum Gasteiger partial charge on any atom is 0.147 e. The molecule has 0 aliphatic carbocycles. The van der Waals surface area contributed by atoms with E-state index in [0.29, 0.717) is 0 Å². The molecule has 0 radical (unpaired) electrons. The maximum atomic E-state index is 4.69. The highest BCUT2D eigenvalue weighted by molar-refractivity contribution is 7.26. The fourth-order valence-electron chi connectivity index (χ4n) is 3.35. The van der Waals surface area contributed by atoms with Gasteiger partial charge in [0.1, 0.15) is 17.0 Å². The van der Waals surface area contributed by atoms with Gasteiger partial charge in [0, 0.05) is 22.3 Å². The van der Waals surface area contributed by atoms with Crippen molar-refractivity contribution in [1.82, 2.24) is 15.0 Å². The average Bonchev–Trinajstić information content (AvgIpc) is 3.23. The van der Waals surface area contributed by atoms with E-state index in [-0.39, 0.29) is 0 Å². The zero-order chi connectivity index (χ0) is 17.7. The molecule has 0 atom stereocenters. The van der Waals surface area contributed by atoms with E-state index < -0.39 is 0 Å². The van der Waals surface area contributed by atoms with Gasteiger partial charge in [-0.1, -0.05) is 6.07 Å². The van der Waals surface area contributed by atoms with Gasteiger partial charge >= 0.3 is 0 Å². The van der Waals surface area contributed by atoms with Crippen molar-refractivity contribution in [3.8, 4) is 0 Å². The lowest BCUT2D eigenvalue weighted by Crippen LogP contribution is -2.01. The number of anilines is 1. The standard InChI is InChI=1S/C20H16N4S2/c1-11-7-12(2)24-20-16(11)17-18(26-20)19(23-10-22-17)21-9-13-3-4-15-14(8-13)5-6-25-15/h3-8,10H,9H2,1-2H3,(H,21,22,23). The number of benzene rings is 1. The summed E-state index contributed by atoms with van der Waals surface area (Å²) in [5, 5.41) is 8.05. The van der Waals surface area contributed by atoms with Crippen LogP contribution < -0.4 is 5.32 Å². The molecule has 0 aliphatic heterocycles. The highest BCUT2D eigenvalue weighted by atomic mass is 32.1. The molecule has 4 aromatic heterocycles. The van der Waals surface area contributed by atoms with Crippen LogP contribution in [0, 0.1) is 13.8 Å². The summed E-state index contributed by atoms with van der Waals surface area (Å²) in [7, 11) is 0. The summed E-state index contributed by atoms with van der Waals surface area (Å²) >= 11 is 3.43. The Balaban J connectivity index is 1.55. The van der Waals surface area contributed by atoms with Crippen LogP contribution >= 0.6 is 22.7 Å². The molecule has 0 aliphatic rings. The van der Waals surface area contributed by atoms with Crippen LogP contribution in [0.4, 0.5) is 5.82 Å². The summed E-state index contributed by atoms with van der Waals surface area (Å²) in [6.07, 6.45) is 1.64. The summed E-state index contributed by atoms with van der Waals surface area (Å²) in [6.45, 7) is 4.88. The lowest BCUT2D eigenvalue weighted by Gasteiger charge is -2.06. The molecule has 0 unspecified atom stereocenters. The van der Waals surface area contributed by atoms with E-state index in [1.807, 2.05) is 6.92 Å². The molecule has 5 aromatic rings. The molecular formula is C20H16N4S2. The van der Waals surface area contributed by atoms with Crippen molar-refractivity contribution in [3.05, 3.63) is 58.9 Å². The second kappa shape index (κ2) is 6.00. The van der Waals surface area contributed by atoms with Crippen LogP contribution in [0.2, 0.25) is 0 Å². The summed E-state index contributed by atoms with van der Waals surface area (Å²) in [4.78, 5) is 14.7. The molecular weight excluding hydrogens is 360 g/mol. The number of thiophene rings is 2. The smallest absolute Gasteiger partial charge is 0.147 e. The highest BCUT2D eigenvalue weighted by Gasteiger charge is 2.14. The van der Waals surface area contributed by atoms with Crippen LogP contribution in [0.5, 0.6) is 0 Å². The van der Waals surface area contributed by atoms with Crippen molar-refractivity contribution < 1.29 is 0 Å². The van der Waals surface area contributed by atoms with Gasteiger partial charge in [-0.2, -0.15) is 0 Å². The van der Waals surface area contributed by atoms with Crippen molar-refractivity contribution in [3.63, 3.8) is 0 Å². The van der Waals surface area contributed by atoms with Crippen molar-refractivity contribution >= 4 is 59.0 Å². The number of nitrogens with one attached hydrogen (secondary N) is 1. The second-order valence-electron chi connectivity index (χ2n) is 6.41. The number of nitrogens with zero attached hydrogens (tertiary/aromatic N) is 3. The van der Waals surface area contributed by atoms with E-state index in [0.717, 1.165) is 38.5 Å². The predicted octanol–water partition coefficient (Wildman–Crippen LogP) is 5.68. The minimum absolute atomic E-state index is 0.734. The van der Waals surface area contributed by atoms with Crippen molar-refractivity contribution in [2.24, 2.45) is 0 Å². The molecule has 128 valence electrons. The second-order valence-corrected chi connectivity index (χ2v) is 8.36. The Labute approximate surface area is 158 Å². The topological polar surface area (TPSA) is 50.7 Å². The maximum absolute atomic E-state index is 4.69. The number of hydrogen-bond acceptors (Lipinski definition) is 6. The van der Waals surface area contributed by atoms with Crippen LogP contribution in [0.3, 0.4) is 0 Å². The van der Waals surface area contributed by atoms with E-state index in [1.54, 1.807) is 29.0 Å². The first-order chi connectivity index (χ1) is 12.7. The first-order valence-corrected chi connectivity index (χ1v) is 10.1. The van der Waals surface area contributed by atoms with Gasteiger partial charge < -0.3 is 5.32 Å². The van der Waals surface area contributed by atoms with Crippen LogP contribution in [0.15, 0.2) is 42.0 Å². The Bertz CT molecular complexity index is 1270. The van der Waals surface area contributed by atoms with Gasteiger partial charge in [0.15, 0.2) is 0 Å². The van der Waals surface area contributed by atoms with E-state index in [4.69, 9.17) is 0 Å². The van der Waals surface area contributed by atoms with Gasteiger partial charge in [0.25, 0.3) is 0 Å². The van der Waals surface area contributed by atoms with Crippen LogP contribution in [-0.4, -0.2) is 15.0 Å². The molecule has 1 N–H and O–H groups in total. The molecule has 1 aromatic carbocycles. The van der Waals surface area contributed by atoms with Crippen molar-refractivity contribution in [2.75, 3.05) is 5.32 Å². The normalized spacial score (nSPS) is 11.6. The third-order valence-corrected chi connectivity index (χ3v) is 6.51. The Morgan fingerprint density at radius 2 is 2.00 bits per heavy atom. The summed E-state index contributed by atoms with van der Waals surface area (Å²) in [5.41, 5.74) is 4.48. The third-order valence-electron chi connectivity index (χ3n) is 4.53. The van der Waals surface area contributed by atoms with Crippen molar-refractivity contribution in [2.45, 2.75) is 20.4 Å². The fourth-order valence-corrected chi connectivity index (χ4v) is 5.33. The zero-order valence-electron chi connectivity index (χ0n) is 14.4. The quantitative estimate of drug-likeness (QED) is 0.440. The monoisotopic (exact) mass is 376 g/mol. The van der Waals surface area contributed by atoms with Crippen LogP contribution in [-0.2, 0) is 6.54 Å². The number of hydrogen-bond donors (Lipinski definition) is 1. The number of aryl methyl sites for hydroxylation is 2. The Morgan fingerprint density at radius 3 is 2.92 bits per heavy atom. The summed E-state index contributed by atoms with van der Waals surface area (Å²) in [5.74, 6) is 0.875. The predicted molar refractivity (Wildman–Crippen MR) is 111 cm³/mol. The van der Waals surface area contributed by atoms with Gasteiger partial charge in [-0.05, 0) is 60.0 Å². The molecule has 0 saturated heterocycles. The molecule has 0 amide bonds.